The van der Waals surface area contributed by atoms with Crippen molar-refractivity contribution < 1.29 is 9.53 Å². The highest BCUT2D eigenvalue weighted by Crippen LogP contribution is 2.36. The van der Waals surface area contributed by atoms with Crippen molar-refractivity contribution in [3.8, 4) is 0 Å². The van der Waals surface area contributed by atoms with Crippen LogP contribution in [0.1, 0.15) is 39.0 Å². The molecule has 2 fully saturated rings. The van der Waals surface area contributed by atoms with Crippen molar-refractivity contribution in [1.29, 1.82) is 0 Å². The Hall–Kier alpha value is -0.610. The second-order valence-corrected chi connectivity index (χ2v) is 5.20. The number of hydrogen-bond acceptors (Lipinski definition) is 4. The van der Waals surface area contributed by atoms with Gasteiger partial charge in [0.2, 0.25) is 0 Å². The lowest BCUT2D eigenvalue weighted by molar-refractivity contribution is -0.145. The predicted molar refractivity (Wildman–Crippen MR) is 66.5 cm³/mol. The van der Waals surface area contributed by atoms with Crippen LogP contribution in [0.15, 0.2) is 0 Å². The summed E-state index contributed by atoms with van der Waals surface area (Å²) >= 11 is 0. The van der Waals surface area contributed by atoms with E-state index in [0.717, 1.165) is 6.54 Å². The Morgan fingerprint density at radius 1 is 1.35 bits per heavy atom. The Bertz CT molecular complexity index is 266. The maximum atomic E-state index is 11.6. The van der Waals surface area contributed by atoms with Gasteiger partial charge in [0.05, 0.1) is 13.2 Å². The molecule has 4 nitrogen and oxygen atoms in total. The van der Waals surface area contributed by atoms with E-state index in [2.05, 4.69) is 4.90 Å². The maximum absolute atomic E-state index is 11.6. The van der Waals surface area contributed by atoms with Crippen molar-refractivity contribution in [2.24, 2.45) is 11.7 Å². The summed E-state index contributed by atoms with van der Waals surface area (Å²) in [6.07, 6.45) is 6.12. The van der Waals surface area contributed by atoms with Gasteiger partial charge < -0.3 is 10.5 Å². The average Bonchev–Trinajstić information content (AvgIpc) is 3.04. The van der Waals surface area contributed by atoms with Crippen LogP contribution in [0.3, 0.4) is 0 Å². The summed E-state index contributed by atoms with van der Waals surface area (Å²) in [6, 6.07) is 1.12. The Morgan fingerprint density at radius 3 is 2.71 bits per heavy atom. The third-order valence-electron chi connectivity index (χ3n) is 3.98. The molecular formula is C13H24N2O2. The lowest BCUT2D eigenvalue weighted by atomic mass is 10.0. The molecule has 0 aromatic carbocycles. The second kappa shape index (κ2) is 5.83. The summed E-state index contributed by atoms with van der Waals surface area (Å²) in [7, 11) is 0. The van der Waals surface area contributed by atoms with Crippen LogP contribution in [0, 0.1) is 5.92 Å². The fourth-order valence-electron chi connectivity index (χ4n) is 3.01. The Labute approximate surface area is 103 Å². The number of carbonyl (C=O) groups is 1. The third kappa shape index (κ3) is 3.19. The summed E-state index contributed by atoms with van der Waals surface area (Å²) in [5.74, 6) is 0.493. The summed E-state index contributed by atoms with van der Waals surface area (Å²) in [5, 5.41) is 0. The molecule has 0 radical (unpaired) electrons. The summed E-state index contributed by atoms with van der Waals surface area (Å²) in [4.78, 5) is 14.0. The molecule has 2 atom stereocenters. The van der Waals surface area contributed by atoms with E-state index >= 15 is 0 Å². The molecule has 0 aliphatic heterocycles. The van der Waals surface area contributed by atoms with Crippen LogP contribution in [0.5, 0.6) is 0 Å². The molecule has 4 heteroatoms. The molecule has 2 saturated carbocycles. The Balaban J connectivity index is 1.94. The first-order chi connectivity index (χ1) is 8.26. The quantitative estimate of drug-likeness (QED) is 0.707. The zero-order chi connectivity index (χ0) is 12.3. The first kappa shape index (κ1) is 12.8. The van der Waals surface area contributed by atoms with Crippen LogP contribution in [0.25, 0.3) is 0 Å². The van der Waals surface area contributed by atoms with E-state index in [1.165, 1.54) is 32.1 Å². The molecule has 0 aromatic heterocycles. The zero-order valence-corrected chi connectivity index (χ0v) is 10.7. The Morgan fingerprint density at radius 2 is 2.12 bits per heavy atom. The van der Waals surface area contributed by atoms with Crippen molar-refractivity contribution in [3.05, 3.63) is 0 Å². The topological polar surface area (TPSA) is 55.6 Å². The predicted octanol–water partition coefficient (Wildman–Crippen LogP) is 1.14. The molecule has 98 valence electrons. The average molecular weight is 240 g/mol. The minimum atomic E-state index is -0.0814. The van der Waals surface area contributed by atoms with Gasteiger partial charge in [-0.2, -0.15) is 0 Å². The molecule has 0 spiro atoms. The van der Waals surface area contributed by atoms with Gasteiger partial charge in [-0.15, -0.1) is 0 Å². The lowest BCUT2D eigenvalue weighted by Crippen LogP contribution is -2.44. The van der Waals surface area contributed by atoms with Crippen molar-refractivity contribution in [2.75, 3.05) is 19.7 Å². The summed E-state index contributed by atoms with van der Waals surface area (Å²) < 4.78 is 5.07. The second-order valence-electron chi connectivity index (χ2n) is 5.20. The first-order valence-corrected chi connectivity index (χ1v) is 6.87. The molecule has 2 aliphatic carbocycles. The van der Waals surface area contributed by atoms with E-state index in [-0.39, 0.29) is 5.97 Å². The summed E-state index contributed by atoms with van der Waals surface area (Å²) in [6.45, 7) is 3.54. The van der Waals surface area contributed by atoms with Gasteiger partial charge in [0, 0.05) is 12.1 Å². The number of hydrogen-bond donors (Lipinski definition) is 1. The van der Waals surface area contributed by atoms with E-state index in [9.17, 15) is 4.79 Å². The number of carbonyl (C=O) groups excluding carboxylic acids is 1. The van der Waals surface area contributed by atoms with Crippen LogP contribution in [-0.2, 0) is 9.53 Å². The summed E-state index contributed by atoms with van der Waals surface area (Å²) in [5.41, 5.74) is 5.83. The number of nitrogens with zero attached hydrogens (tertiary/aromatic N) is 1. The normalized spacial score (nSPS) is 28.6. The lowest BCUT2D eigenvalue weighted by Gasteiger charge is -2.31. The van der Waals surface area contributed by atoms with Crippen molar-refractivity contribution in [1.82, 2.24) is 4.90 Å². The van der Waals surface area contributed by atoms with Crippen LogP contribution >= 0.6 is 0 Å². The molecule has 2 N–H and O–H groups in total. The zero-order valence-electron chi connectivity index (χ0n) is 10.7. The van der Waals surface area contributed by atoms with Crippen LogP contribution in [-0.4, -0.2) is 42.6 Å². The number of rotatable bonds is 6. The minimum absolute atomic E-state index is 0.0814. The Kier molecular flexibility index (Phi) is 4.40. The molecule has 0 heterocycles. The monoisotopic (exact) mass is 240 g/mol. The standard InChI is InChI=1S/C13H24N2O2/c1-2-17-13(16)9-15(11-6-7-11)12-5-3-4-10(12)8-14/h10-12H,2-9,14H2,1H3. The molecule has 2 aliphatic rings. The SMILES string of the molecule is CCOC(=O)CN(C1CC1)C1CCCC1CN. The third-order valence-corrected chi connectivity index (χ3v) is 3.98. The van der Waals surface area contributed by atoms with Crippen molar-refractivity contribution >= 4 is 5.97 Å². The highest BCUT2D eigenvalue weighted by atomic mass is 16.5. The molecule has 17 heavy (non-hydrogen) atoms. The minimum Gasteiger partial charge on any atom is -0.465 e. The van der Waals surface area contributed by atoms with Gasteiger partial charge in [0.15, 0.2) is 0 Å². The van der Waals surface area contributed by atoms with Crippen LogP contribution < -0.4 is 5.73 Å². The van der Waals surface area contributed by atoms with Gasteiger partial charge >= 0.3 is 5.97 Å². The fourth-order valence-corrected chi connectivity index (χ4v) is 3.01. The molecule has 2 unspecified atom stereocenters. The smallest absolute Gasteiger partial charge is 0.320 e. The highest BCUT2D eigenvalue weighted by Gasteiger charge is 2.40. The number of ether oxygens (including phenoxy) is 1. The van der Waals surface area contributed by atoms with Gasteiger partial charge in [0.25, 0.3) is 0 Å². The molecule has 0 saturated heterocycles. The van der Waals surface area contributed by atoms with Crippen LogP contribution in [0.2, 0.25) is 0 Å². The van der Waals surface area contributed by atoms with E-state index in [0.29, 0.717) is 31.2 Å². The van der Waals surface area contributed by atoms with E-state index in [1.54, 1.807) is 0 Å². The van der Waals surface area contributed by atoms with Crippen LogP contribution in [0.4, 0.5) is 0 Å². The van der Waals surface area contributed by atoms with Crippen molar-refractivity contribution in [2.45, 2.75) is 51.1 Å². The number of nitrogens with two attached hydrogens (primary N) is 1. The first-order valence-electron chi connectivity index (χ1n) is 6.87. The fraction of sp³-hybridized carbons (Fsp3) is 0.923. The van der Waals surface area contributed by atoms with E-state index in [4.69, 9.17) is 10.5 Å². The van der Waals surface area contributed by atoms with Crippen molar-refractivity contribution in [3.63, 3.8) is 0 Å². The molecule has 2 rings (SSSR count). The van der Waals surface area contributed by atoms with Gasteiger partial charge in [-0.05, 0) is 45.1 Å². The maximum Gasteiger partial charge on any atom is 0.320 e. The van der Waals surface area contributed by atoms with E-state index in [1.807, 2.05) is 6.92 Å². The number of esters is 1. The largest absolute Gasteiger partial charge is 0.465 e. The van der Waals surface area contributed by atoms with Gasteiger partial charge in [-0.1, -0.05) is 6.42 Å². The molecule has 0 aromatic rings. The highest BCUT2D eigenvalue weighted by molar-refractivity contribution is 5.71. The molecule has 0 bridgehead atoms. The van der Waals surface area contributed by atoms with Gasteiger partial charge in [-0.3, -0.25) is 9.69 Å². The van der Waals surface area contributed by atoms with Gasteiger partial charge in [-0.25, -0.2) is 0 Å². The molecule has 0 amide bonds. The van der Waals surface area contributed by atoms with E-state index < -0.39 is 0 Å². The molecular weight excluding hydrogens is 216 g/mol. The van der Waals surface area contributed by atoms with Gasteiger partial charge in [0.1, 0.15) is 0 Å².